The van der Waals surface area contributed by atoms with Crippen LogP contribution in [0, 0.1) is 6.92 Å². The van der Waals surface area contributed by atoms with E-state index in [-0.39, 0.29) is 11.9 Å². The first-order valence-electron chi connectivity index (χ1n) is 7.47. The van der Waals surface area contributed by atoms with Crippen molar-refractivity contribution in [1.82, 2.24) is 10.2 Å². The molecule has 0 spiro atoms. The lowest BCUT2D eigenvalue weighted by molar-refractivity contribution is 0.102. The number of nitrogens with one attached hydrogen (secondary N) is 1. The van der Waals surface area contributed by atoms with Crippen LogP contribution in [0.2, 0.25) is 0 Å². The number of anilines is 1. The lowest BCUT2D eigenvalue weighted by atomic mass is 10.1. The molecule has 3 rings (SSSR count). The van der Waals surface area contributed by atoms with E-state index in [1.165, 1.54) is 5.56 Å². The van der Waals surface area contributed by atoms with Gasteiger partial charge in [-0.15, -0.1) is 16.9 Å². The summed E-state index contributed by atoms with van der Waals surface area (Å²) in [6, 6.07) is 15.6. The Balaban J connectivity index is 1.67. The van der Waals surface area contributed by atoms with Gasteiger partial charge in [0.05, 0.1) is 6.42 Å². The van der Waals surface area contributed by atoms with E-state index in [9.17, 15) is 4.79 Å². The third-order valence-corrected chi connectivity index (χ3v) is 4.22. The van der Waals surface area contributed by atoms with E-state index in [2.05, 4.69) is 15.5 Å². The third kappa shape index (κ3) is 4.02. The fourth-order valence-corrected chi connectivity index (χ4v) is 2.65. The van der Waals surface area contributed by atoms with Gasteiger partial charge in [0.15, 0.2) is 0 Å². The van der Waals surface area contributed by atoms with Gasteiger partial charge in [-0.1, -0.05) is 41.0 Å². The van der Waals surface area contributed by atoms with Crippen molar-refractivity contribution in [2.24, 2.45) is 0 Å². The second-order valence-corrected chi connectivity index (χ2v) is 6.23. The van der Waals surface area contributed by atoms with Crippen molar-refractivity contribution in [1.29, 1.82) is 0 Å². The highest BCUT2D eigenvalue weighted by atomic mass is 32.2. The van der Waals surface area contributed by atoms with Crippen LogP contribution in [-0.4, -0.2) is 22.4 Å². The summed E-state index contributed by atoms with van der Waals surface area (Å²) in [7, 11) is 0. The van der Waals surface area contributed by atoms with Gasteiger partial charge in [-0.25, -0.2) is 0 Å². The molecule has 122 valence electrons. The van der Waals surface area contributed by atoms with Gasteiger partial charge >= 0.3 is 6.01 Å². The highest BCUT2D eigenvalue weighted by Gasteiger charge is 2.12. The van der Waals surface area contributed by atoms with E-state index in [4.69, 9.17) is 4.42 Å². The minimum atomic E-state index is -0.267. The van der Waals surface area contributed by atoms with Crippen LogP contribution in [0.15, 0.2) is 57.8 Å². The molecule has 1 heterocycles. The van der Waals surface area contributed by atoms with Gasteiger partial charge in [-0.2, -0.15) is 0 Å². The molecule has 1 N–H and O–H groups in total. The Morgan fingerprint density at radius 1 is 1.17 bits per heavy atom. The Bertz CT molecular complexity index is 843. The summed E-state index contributed by atoms with van der Waals surface area (Å²) in [6.45, 7) is 2.04. The summed E-state index contributed by atoms with van der Waals surface area (Å²) < 4.78 is 5.51. The van der Waals surface area contributed by atoms with Crippen LogP contribution in [0.25, 0.3) is 0 Å². The molecule has 0 bridgehead atoms. The molecular weight excluding hydrogens is 322 g/mol. The number of thioether (sulfide) groups is 1. The minimum Gasteiger partial charge on any atom is -0.407 e. The van der Waals surface area contributed by atoms with E-state index in [1.54, 1.807) is 17.8 Å². The quantitative estimate of drug-likeness (QED) is 0.713. The number of carbonyl (C=O) groups is 1. The maximum atomic E-state index is 12.2. The molecule has 1 amide bonds. The van der Waals surface area contributed by atoms with E-state index < -0.39 is 0 Å². The highest BCUT2D eigenvalue weighted by molar-refractivity contribution is 7.98. The van der Waals surface area contributed by atoms with Crippen LogP contribution in [0.1, 0.15) is 27.4 Å². The minimum absolute atomic E-state index is 0.108. The Labute approximate surface area is 144 Å². The number of nitrogens with zero attached hydrogens (tertiary/aromatic N) is 2. The third-order valence-electron chi connectivity index (χ3n) is 3.50. The number of carbonyl (C=O) groups excluding carboxylic acids is 1. The molecule has 0 atom stereocenters. The van der Waals surface area contributed by atoms with E-state index in [1.807, 2.05) is 55.6 Å². The van der Waals surface area contributed by atoms with Crippen LogP contribution >= 0.6 is 11.8 Å². The van der Waals surface area contributed by atoms with Crippen molar-refractivity contribution < 1.29 is 9.21 Å². The normalized spacial score (nSPS) is 10.6. The number of aromatic nitrogens is 2. The average molecular weight is 339 g/mol. The highest BCUT2D eigenvalue weighted by Crippen LogP contribution is 2.17. The standard InChI is InChI=1S/C18H17N3O2S/c1-12-6-8-13(9-7-12)10-16-20-21-18(23-16)19-17(22)14-4-3-5-15(11-14)24-2/h3-9,11H,10H2,1-2H3,(H,19,21,22). The second-order valence-electron chi connectivity index (χ2n) is 5.35. The number of benzene rings is 2. The molecule has 24 heavy (non-hydrogen) atoms. The number of hydrogen-bond acceptors (Lipinski definition) is 5. The fraction of sp³-hybridized carbons (Fsp3) is 0.167. The molecule has 0 saturated heterocycles. The van der Waals surface area contributed by atoms with Gasteiger partial charge in [0.1, 0.15) is 0 Å². The van der Waals surface area contributed by atoms with Crippen LogP contribution < -0.4 is 5.32 Å². The number of rotatable bonds is 5. The van der Waals surface area contributed by atoms with E-state index in [0.29, 0.717) is 17.9 Å². The molecule has 6 heteroatoms. The molecule has 0 unspecified atom stereocenters. The molecule has 1 aromatic heterocycles. The number of aryl methyl sites for hydroxylation is 1. The predicted octanol–water partition coefficient (Wildman–Crippen LogP) is 3.94. The van der Waals surface area contributed by atoms with Crippen LogP contribution in [0.3, 0.4) is 0 Å². The van der Waals surface area contributed by atoms with E-state index >= 15 is 0 Å². The first kappa shape index (κ1) is 16.3. The maximum absolute atomic E-state index is 12.2. The summed E-state index contributed by atoms with van der Waals surface area (Å²) in [5, 5.41) is 10.5. The molecule has 0 aliphatic heterocycles. The molecular formula is C18H17N3O2S. The largest absolute Gasteiger partial charge is 0.407 e. The Hall–Kier alpha value is -2.60. The Morgan fingerprint density at radius 3 is 2.71 bits per heavy atom. The first-order chi connectivity index (χ1) is 11.6. The predicted molar refractivity (Wildman–Crippen MR) is 94.5 cm³/mol. The van der Waals surface area contributed by atoms with Gasteiger partial charge in [0.2, 0.25) is 5.89 Å². The molecule has 0 aliphatic rings. The van der Waals surface area contributed by atoms with Crippen molar-refractivity contribution in [2.45, 2.75) is 18.2 Å². The number of amides is 1. The Kier molecular flexibility index (Phi) is 4.96. The Morgan fingerprint density at radius 2 is 1.96 bits per heavy atom. The fourth-order valence-electron chi connectivity index (χ4n) is 2.19. The summed E-state index contributed by atoms with van der Waals surface area (Å²) in [5.41, 5.74) is 2.83. The van der Waals surface area contributed by atoms with Crippen LogP contribution in [-0.2, 0) is 6.42 Å². The molecule has 5 nitrogen and oxygen atoms in total. The van der Waals surface area contributed by atoms with Crippen molar-refractivity contribution in [2.75, 3.05) is 11.6 Å². The SMILES string of the molecule is CSc1cccc(C(=O)Nc2nnc(Cc3ccc(C)cc3)o2)c1. The summed E-state index contributed by atoms with van der Waals surface area (Å²) >= 11 is 1.58. The lowest BCUT2D eigenvalue weighted by Crippen LogP contribution is -2.12. The second kappa shape index (κ2) is 7.31. The molecule has 2 aromatic carbocycles. The molecule has 0 aliphatic carbocycles. The summed E-state index contributed by atoms with van der Waals surface area (Å²) in [4.78, 5) is 13.3. The monoisotopic (exact) mass is 339 g/mol. The van der Waals surface area contributed by atoms with Crippen molar-refractivity contribution in [3.8, 4) is 0 Å². The van der Waals surface area contributed by atoms with Crippen molar-refractivity contribution >= 4 is 23.7 Å². The first-order valence-corrected chi connectivity index (χ1v) is 8.70. The molecule has 0 fully saturated rings. The van der Waals surface area contributed by atoms with Crippen LogP contribution in [0.4, 0.5) is 6.01 Å². The molecule has 0 radical (unpaired) electrons. The average Bonchev–Trinajstić information content (AvgIpc) is 3.04. The van der Waals surface area contributed by atoms with Gasteiger partial charge < -0.3 is 4.42 Å². The zero-order valence-electron chi connectivity index (χ0n) is 13.4. The zero-order valence-corrected chi connectivity index (χ0v) is 14.3. The summed E-state index contributed by atoms with van der Waals surface area (Å²) in [6.07, 6.45) is 2.50. The smallest absolute Gasteiger partial charge is 0.322 e. The molecule has 3 aromatic rings. The summed E-state index contributed by atoms with van der Waals surface area (Å²) in [5.74, 6) is 0.198. The van der Waals surface area contributed by atoms with Gasteiger partial charge in [0, 0.05) is 10.5 Å². The van der Waals surface area contributed by atoms with Gasteiger partial charge in [0.25, 0.3) is 5.91 Å². The van der Waals surface area contributed by atoms with Gasteiger partial charge in [-0.3, -0.25) is 10.1 Å². The zero-order chi connectivity index (χ0) is 16.9. The lowest BCUT2D eigenvalue weighted by Gasteiger charge is -2.02. The van der Waals surface area contributed by atoms with Crippen molar-refractivity contribution in [3.63, 3.8) is 0 Å². The topological polar surface area (TPSA) is 68.0 Å². The number of hydrogen-bond donors (Lipinski definition) is 1. The maximum Gasteiger partial charge on any atom is 0.322 e. The van der Waals surface area contributed by atoms with Crippen LogP contribution in [0.5, 0.6) is 0 Å². The van der Waals surface area contributed by atoms with Gasteiger partial charge in [-0.05, 0) is 36.9 Å². The molecule has 0 saturated carbocycles. The van der Waals surface area contributed by atoms with E-state index in [0.717, 1.165) is 10.5 Å². The van der Waals surface area contributed by atoms with Crippen molar-refractivity contribution in [3.05, 3.63) is 71.1 Å².